The molecule has 3 atom stereocenters. The lowest BCUT2D eigenvalue weighted by Gasteiger charge is -2.49. The van der Waals surface area contributed by atoms with Crippen molar-refractivity contribution in [3.05, 3.63) is 21.9 Å². The zero-order chi connectivity index (χ0) is 14.8. The van der Waals surface area contributed by atoms with Crippen molar-refractivity contribution in [2.45, 2.75) is 57.7 Å². The van der Waals surface area contributed by atoms with Gasteiger partial charge in [0.25, 0.3) is 0 Å². The molecule has 2 fully saturated rings. The van der Waals surface area contributed by atoms with Crippen LogP contribution in [0.2, 0.25) is 0 Å². The van der Waals surface area contributed by atoms with Crippen LogP contribution < -0.4 is 5.73 Å². The van der Waals surface area contributed by atoms with Crippen molar-refractivity contribution < 1.29 is 0 Å². The molecule has 0 saturated carbocycles. The summed E-state index contributed by atoms with van der Waals surface area (Å²) >= 11 is 1.96. The van der Waals surface area contributed by atoms with E-state index in [0.29, 0.717) is 12.1 Å². The fraction of sp³-hybridized carbons (Fsp3) is 0.765. The highest BCUT2D eigenvalue weighted by Gasteiger charge is 2.36. The predicted octanol–water partition coefficient (Wildman–Crippen LogP) is 2.87. The standard InChI is InChI=1S/C17H29N3S/c1-3-15-7-8-17(21-15)16(10-18)20-12-14-6-4-5-9-19(14)11-13(20)2/h7-8,13-14,16H,3-6,9-12,18H2,1-2H3. The number of piperazine rings is 1. The van der Waals surface area contributed by atoms with E-state index in [2.05, 4.69) is 35.8 Å². The highest BCUT2D eigenvalue weighted by molar-refractivity contribution is 7.12. The minimum absolute atomic E-state index is 0.411. The van der Waals surface area contributed by atoms with Crippen LogP contribution in [0.3, 0.4) is 0 Å². The van der Waals surface area contributed by atoms with Gasteiger partial charge in [0.1, 0.15) is 0 Å². The Morgan fingerprint density at radius 1 is 1.33 bits per heavy atom. The molecule has 3 heterocycles. The van der Waals surface area contributed by atoms with Crippen LogP contribution in [0, 0.1) is 0 Å². The van der Waals surface area contributed by atoms with E-state index >= 15 is 0 Å². The summed E-state index contributed by atoms with van der Waals surface area (Å²) in [5, 5.41) is 0. The quantitative estimate of drug-likeness (QED) is 0.928. The molecule has 2 aliphatic rings. The van der Waals surface area contributed by atoms with Gasteiger partial charge in [0.15, 0.2) is 0 Å². The van der Waals surface area contributed by atoms with Gasteiger partial charge in [-0.05, 0) is 44.9 Å². The van der Waals surface area contributed by atoms with Crippen molar-refractivity contribution in [3.8, 4) is 0 Å². The van der Waals surface area contributed by atoms with Crippen LogP contribution in [0.4, 0.5) is 0 Å². The fourth-order valence-corrected chi connectivity index (χ4v) is 5.07. The Balaban J connectivity index is 1.76. The second-order valence-electron chi connectivity index (χ2n) is 6.60. The number of piperidine rings is 1. The van der Waals surface area contributed by atoms with Crippen molar-refractivity contribution in [1.82, 2.24) is 9.80 Å². The highest BCUT2D eigenvalue weighted by atomic mass is 32.1. The lowest BCUT2D eigenvalue weighted by Crippen LogP contribution is -2.59. The monoisotopic (exact) mass is 307 g/mol. The number of thiophene rings is 1. The molecular formula is C17H29N3S. The topological polar surface area (TPSA) is 32.5 Å². The Morgan fingerprint density at radius 3 is 2.90 bits per heavy atom. The average Bonchev–Trinajstić information content (AvgIpc) is 2.97. The number of fused-ring (bicyclic) bond motifs is 1. The summed E-state index contributed by atoms with van der Waals surface area (Å²) < 4.78 is 0. The Labute approximate surface area is 133 Å². The molecule has 118 valence electrons. The summed E-state index contributed by atoms with van der Waals surface area (Å²) in [4.78, 5) is 8.33. The average molecular weight is 308 g/mol. The van der Waals surface area contributed by atoms with Gasteiger partial charge < -0.3 is 5.73 Å². The van der Waals surface area contributed by atoms with Gasteiger partial charge in [0.2, 0.25) is 0 Å². The molecule has 21 heavy (non-hydrogen) atoms. The first kappa shape index (κ1) is 15.5. The molecule has 2 saturated heterocycles. The minimum Gasteiger partial charge on any atom is -0.329 e. The van der Waals surface area contributed by atoms with Crippen molar-refractivity contribution in [2.75, 3.05) is 26.2 Å². The number of nitrogens with two attached hydrogens (primary N) is 1. The maximum absolute atomic E-state index is 6.17. The second-order valence-corrected chi connectivity index (χ2v) is 7.80. The maximum atomic E-state index is 6.17. The third kappa shape index (κ3) is 3.19. The van der Waals surface area contributed by atoms with Crippen LogP contribution in [0.25, 0.3) is 0 Å². The van der Waals surface area contributed by atoms with Gasteiger partial charge in [0, 0.05) is 41.5 Å². The largest absolute Gasteiger partial charge is 0.329 e. The number of rotatable bonds is 4. The van der Waals surface area contributed by atoms with Gasteiger partial charge in [-0.2, -0.15) is 0 Å². The zero-order valence-corrected chi connectivity index (χ0v) is 14.2. The van der Waals surface area contributed by atoms with Gasteiger partial charge in [-0.1, -0.05) is 13.3 Å². The molecule has 2 aliphatic heterocycles. The molecule has 3 unspecified atom stereocenters. The summed E-state index contributed by atoms with van der Waals surface area (Å²) in [6.45, 7) is 9.06. The van der Waals surface area contributed by atoms with Crippen LogP contribution in [0.15, 0.2) is 12.1 Å². The van der Waals surface area contributed by atoms with Gasteiger partial charge in [-0.3, -0.25) is 9.80 Å². The molecule has 3 nitrogen and oxygen atoms in total. The van der Waals surface area contributed by atoms with Gasteiger partial charge in [-0.15, -0.1) is 11.3 Å². The third-order valence-corrected chi connectivity index (χ3v) is 6.55. The number of aryl methyl sites for hydroxylation is 1. The van der Waals surface area contributed by atoms with Crippen LogP contribution in [0.5, 0.6) is 0 Å². The SMILES string of the molecule is CCc1ccc(C(CN)N2CC3CCCCN3CC2C)s1. The molecule has 2 N–H and O–H groups in total. The molecule has 1 aromatic rings. The second kappa shape index (κ2) is 6.78. The Kier molecular flexibility index (Phi) is 4.99. The normalized spacial score (nSPS) is 29.3. The Bertz CT molecular complexity index is 459. The van der Waals surface area contributed by atoms with Crippen molar-refractivity contribution in [3.63, 3.8) is 0 Å². The molecule has 0 aliphatic carbocycles. The van der Waals surface area contributed by atoms with Crippen LogP contribution in [-0.2, 0) is 6.42 Å². The number of hydrogen-bond acceptors (Lipinski definition) is 4. The third-order valence-electron chi connectivity index (χ3n) is 5.22. The summed E-state index contributed by atoms with van der Waals surface area (Å²) in [6.07, 6.45) is 5.28. The van der Waals surface area contributed by atoms with Crippen LogP contribution in [-0.4, -0.2) is 48.1 Å². The molecule has 0 amide bonds. The lowest BCUT2D eigenvalue weighted by molar-refractivity contribution is -0.00592. The molecule has 3 rings (SSSR count). The smallest absolute Gasteiger partial charge is 0.0567 e. The van der Waals surface area contributed by atoms with Gasteiger partial charge in [0.05, 0.1) is 6.04 Å². The number of hydrogen-bond donors (Lipinski definition) is 1. The Hall–Kier alpha value is -0.420. The molecule has 1 aromatic heterocycles. The molecule has 0 aromatic carbocycles. The number of nitrogens with zero attached hydrogens (tertiary/aromatic N) is 2. The Morgan fingerprint density at radius 2 is 2.19 bits per heavy atom. The van der Waals surface area contributed by atoms with Crippen LogP contribution >= 0.6 is 11.3 Å². The predicted molar refractivity (Wildman–Crippen MR) is 90.9 cm³/mol. The van der Waals surface area contributed by atoms with E-state index in [1.807, 2.05) is 11.3 Å². The zero-order valence-electron chi connectivity index (χ0n) is 13.4. The van der Waals surface area contributed by atoms with Gasteiger partial charge >= 0.3 is 0 Å². The maximum Gasteiger partial charge on any atom is 0.0567 e. The molecule has 0 radical (unpaired) electrons. The van der Waals surface area contributed by atoms with Crippen molar-refractivity contribution in [2.24, 2.45) is 5.73 Å². The molecular weight excluding hydrogens is 278 g/mol. The van der Waals surface area contributed by atoms with E-state index in [4.69, 9.17) is 5.73 Å². The molecule has 0 spiro atoms. The lowest BCUT2D eigenvalue weighted by atomic mass is 9.95. The van der Waals surface area contributed by atoms with E-state index in [0.717, 1.165) is 19.0 Å². The van der Waals surface area contributed by atoms with E-state index in [1.165, 1.54) is 48.7 Å². The summed E-state index contributed by atoms with van der Waals surface area (Å²) in [5.74, 6) is 0. The van der Waals surface area contributed by atoms with Crippen molar-refractivity contribution in [1.29, 1.82) is 0 Å². The summed E-state index contributed by atoms with van der Waals surface area (Å²) in [5.41, 5.74) is 6.17. The summed E-state index contributed by atoms with van der Waals surface area (Å²) in [6, 6.07) is 6.37. The fourth-order valence-electron chi connectivity index (χ4n) is 3.99. The molecule has 0 bridgehead atoms. The van der Waals surface area contributed by atoms with Crippen molar-refractivity contribution >= 4 is 11.3 Å². The highest BCUT2D eigenvalue weighted by Crippen LogP contribution is 2.33. The van der Waals surface area contributed by atoms with E-state index in [1.54, 1.807) is 0 Å². The minimum atomic E-state index is 0.411. The molecule has 4 heteroatoms. The first-order chi connectivity index (χ1) is 10.2. The summed E-state index contributed by atoms with van der Waals surface area (Å²) in [7, 11) is 0. The van der Waals surface area contributed by atoms with Gasteiger partial charge in [-0.25, -0.2) is 0 Å². The van der Waals surface area contributed by atoms with E-state index in [9.17, 15) is 0 Å². The first-order valence-electron chi connectivity index (χ1n) is 8.51. The van der Waals surface area contributed by atoms with Crippen LogP contribution in [0.1, 0.15) is 48.9 Å². The van der Waals surface area contributed by atoms with E-state index in [-0.39, 0.29) is 0 Å². The first-order valence-corrected chi connectivity index (χ1v) is 9.33. The van der Waals surface area contributed by atoms with E-state index < -0.39 is 0 Å².